The van der Waals surface area contributed by atoms with Crippen LogP contribution in [0.1, 0.15) is 31.4 Å². The summed E-state index contributed by atoms with van der Waals surface area (Å²) < 4.78 is 63.1. The number of fused-ring (bicyclic) bond motifs is 1. The number of aliphatic hydroxyl groups is 4. The minimum atomic E-state index is -1.51. The first kappa shape index (κ1) is 32.8. The summed E-state index contributed by atoms with van der Waals surface area (Å²) in [7, 11) is 0. The lowest BCUT2D eigenvalue weighted by molar-refractivity contribution is -0.155. The van der Waals surface area contributed by atoms with Crippen molar-refractivity contribution in [3.8, 4) is 5.75 Å². The maximum absolute atomic E-state index is 14.9. The molecule has 0 spiro atoms. The summed E-state index contributed by atoms with van der Waals surface area (Å²) in [6.07, 6.45) is -7.71. The summed E-state index contributed by atoms with van der Waals surface area (Å²) in [5, 5.41) is 48.1. The van der Waals surface area contributed by atoms with Gasteiger partial charge < -0.3 is 49.5 Å². The lowest BCUT2D eigenvalue weighted by Crippen LogP contribution is -2.67. The van der Waals surface area contributed by atoms with E-state index in [1.165, 1.54) is 38.1 Å². The van der Waals surface area contributed by atoms with E-state index in [4.69, 9.17) is 23.8 Å². The number of nitrogens with zero attached hydrogens (tertiary/aromatic N) is 1. The standard InChI is InChI=1S/C30H33F3N2O10/c1-13(30(40)34-23-24(37)26(39)29-28(25(23)38)41-12-42-29)7-15-4-6-21(19(33)8-15)44-22-10-20(36)27(45-22)14(2)35-43-11-16-3-5-17(31)18(32)9-16/h3-9,20,22-29,36-39H,10-12H2,1-2H3,(H,34,40)/b13-7+,35-14+/t20-,22+,23+,24-,25+,26+,27+,28-,29+/m0/s1. The number of benzene rings is 2. The minimum Gasteiger partial charge on any atom is -0.462 e. The predicted octanol–water partition coefficient (Wildman–Crippen LogP) is 1.28. The van der Waals surface area contributed by atoms with Gasteiger partial charge in [-0.2, -0.15) is 0 Å². The molecule has 5 N–H and O–H groups in total. The molecular weight excluding hydrogens is 605 g/mol. The second-order valence-corrected chi connectivity index (χ2v) is 11.0. The highest BCUT2D eigenvalue weighted by Gasteiger charge is 2.53. The van der Waals surface area contributed by atoms with Gasteiger partial charge in [0.15, 0.2) is 23.2 Å². The summed E-state index contributed by atoms with van der Waals surface area (Å²) in [5.74, 6) is -3.62. The Bertz CT molecular complexity index is 1460. The lowest BCUT2D eigenvalue weighted by atomic mass is 9.83. The average molecular weight is 639 g/mol. The van der Waals surface area contributed by atoms with Crippen molar-refractivity contribution in [3.05, 3.63) is 70.5 Å². The number of hydrogen-bond donors (Lipinski definition) is 5. The number of aliphatic hydroxyl groups excluding tert-OH is 4. The summed E-state index contributed by atoms with van der Waals surface area (Å²) in [6, 6.07) is 5.98. The number of amides is 1. The van der Waals surface area contributed by atoms with E-state index in [0.29, 0.717) is 11.1 Å². The van der Waals surface area contributed by atoms with E-state index in [1.54, 1.807) is 0 Å². The molecule has 1 aliphatic carbocycles. The molecule has 2 saturated heterocycles. The van der Waals surface area contributed by atoms with Gasteiger partial charge in [-0.15, -0.1) is 0 Å². The van der Waals surface area contributed by atoms with Gasteiger partial charge >= 0.3 is 0 Å². The van der Waals surface area contributed by atoms with Gasteiger partial charge in [-0.3, -0.25) is 4.79 Å². The summed E-state index contributed by atoms with van der Waals surface area (Å²) in [6.45, 7) is 2.67. The Morgan fingerprint density at radius 3 is 2.42 bits per heavy atom. The third-order valence-electron chi connectivity index (χ3n) is 7.77. The van der Waals surface area contributed by atoms with Crippen LogP contribution < -0.4 is 10.1 Å². The molecule has 244 valence electrons. The molecule has 0 bridgehead atoms. The van der Waals surface area contributed by atoms with E-state index in [2.05, 4.69) is 10.5 Å². The lowest BCUT2D eigenvalue weighted by Gasteiger charge is -2.41. The van der Waals surface area contributed by atoms with Crippen molar-refractivity contribution in [2.24, 2.45) is 5.16 Å². The largest absolute Gasteiger partial charge is 0.462 e. The van der Waals surface area contributed by atoms with Gasteiger partial charge in [0.05, 0.1) is 17.9 Å². The second-order valence-electron chi connectivity index (χ2n) is 11.0. The number of carbonyl (C=O) groups excluding carboxylic acids is 1. The summed E-state index contributed by atoms with van der Waals surface area (Å²) in [4.78, 5) is 18.0. The van der Waals surface area contributed by atoms with Crippen LogP contribution >= 0.6 is 0 Å². The minimum absolute atomic E-state index is 0.00654. The van der Waals surface area contributed by atoms with Gasteiger partial charge in [0.2, 0.25) is 12.2 Å². The topological polar surface area (TPSA) is 169 Å². The van der Waals surface area contributed by atoms with Crippen molar-refractivity contribution in [2.45, 2.75) is 81.9 Å². The molecule has 15 heteroatoms. The SMILES string of the molecule is C/C(=C\c1ccc(O[C@H]2C[C@H](O)[C@@H](/C(C)=N/OCc3ccc(F)c(F)c3)O2)c(F)c1)C(=O)N[C@@H]1[C@H](O)[C@@H](O)[C@H]2OCO[C@H]2[C@@H]1O. The van der Waals surface area contributed by atoms with Crippen molar-refractivity contribution in [2.75, 3.05) is 6.79 Å². The Labute approximate surface area is 255 Å². The average Bonchev–Trinajstić information content (AvgIpc) is 3.64. The number of hydrogen-bond acceptors (Lipinski definition) is 11. The van der Waals surface area contributed by atoms with E-state index in [-0.39, 0.29) is 36.9 Å². The number of halogens is 3. The van der Waals surface area contributed by atoms with Crippen LogP contribution in [0.4, 0.5) is 13.2 Å². The smallest absolute Gasteiger partial charge is 0.247 e. The number of oxime groups is 1. The van der Waals surface area contributed by atoms with Crippen LogP contribution in [0.15, 0.2) is 47.1 Å². The van der Waals surface area contributed by atoms with Gasteiger partial charge in [0.1, 0.15) is 50.0 Å². The molecule has 45 heavy (non-hydrogen) atoms. The van der Waals surface area contributed by atoms with E-state index in [1.807, 2.05) is 0 Å². The van der Waals surface area contributed by atoms with Crippen LogP contribution in [0.25, 0.3) is 6.08 Å². The molecule has 9 atom stereocenters. The molecule has 2 aliphatic heterocycles. The normalized spacial score (nSPS) is 31.9. The quantitative estimate of drug-likeness (QED) is 0.153. The van der Waals surface area contributed by atoms with Gasteiger partial charge in [0, 0.05) is 12.0 Å². The molecule has 0 aromatic heterocycles. The predicted molar refractivity (Wildman–Crippen MR) is 149 cm³/mol. The molecule has 0 radical (unpaired) electrons. The maximum atomic E-state index is 14.9. The number of rotatable bonds is 9. The highest BCUT2D eigenvalue weighted by molar-refractivity contribution is 5.97. The van der Waals surface area contributed by atoms with Crippen LogP contribution in [0.2, 0.25) is 0 Å². The number of nitrogens with one attached hydrogen (secondary N) is 1. The van der Waals surface area contributed by atoms with Crippen molar-refractivity contribution in [3.63, 3.8) is 0 Å². The molecule has 1 amide bonds. The molecule has 2 aromatic carbocycles. The van der Waals surface area contributed by atoms with Crippen molar-refractivity contribution >= 4 is 17.7 Å². The van der Waals surface area contributed by atoms with E-state index >= 15 is 0 Å². The first-order chi connectivity index (χ1) is 21.4. The third-order valence-corrected chi connectivity index (χ3v) is 7.77. The molecule has 0 unspecified atom stereocenters. The first-order valence-electron chi connectivity index (χ1n) is 14.1. The Hall–Kier alpha value is -3.57. The fraction of sp³-hybridized carbons (Fsp3) is 0.467. The highest BCUT2D eigenvalue weighted by atomic mass is 19.2. The first-order valence-corrected chi connectivity index (χ1v) is 14.1. The fourth-order valence-corrected chi connectivity index (χ4v) is 5.35. The van der Waals surface area contributed by atoms with Gasteiger partial charge in [-0.05, 0) is 55.3 Å². The summed E-state index contributed by atoms with van der Waals surface area (Å²) >= 11 is 0. The van der Waals surface area contributed by atoms with E-state index < -0.39 is 78.4 Å². The van der Waals surface area contributed by atoms with Gasteiger partial charge in [-0.25, -0.2) is 13.2 Å². The zero-order valence-electron chi connectivity index (χ0n) is 24.2. The van der Waals surface area contributed by atoms with Crippen LogP contribution in [-0.4, -0.2) is 93.9 Å². The fourth-order valence-electron chi connectivity index (χ4n) is 5.35. The van der Waals surface area contributed by atoms with Crippen LogP contribution in [0.5, 0.6) is 5.75 Å². The van der Waals surface area contributed by atoms with Crippen LogP contribution in [0.3, 0.4) is 0 Å². The van der Waals surface area contributed by atoms with Crippen LogP contribution in [-0.2, 0) is 30.4 Å². The molecule has 2 aromatic rings. The Kier molecular flexibility index (Phi) is 10.1. The Morgan fingerprint density at radius 2 is 1.71 bits per heavy atom. The van der Waals surface area contributed by atoms with Gasteiger partial charge in [0.25, 0.3) is 0 Å². The van der Waals surface area contributed by atoms with E-state index in [0.717, 1.165) is 18.2 Å². The van der Waals surface area contributed by atoms with Crippen molar-refractivity contribution < 1.29 is 62.2 Å². The molecule has 12 nitrogen and oxygen atoms in total. The number of ether oxygens (including phenoxy) is 4. The van der Waals surface area contributed by atoms with Gasteiger partial charge in [-0.1, -0.05) is 17.3 Å². The monoisotopic (exact) mass is 638 g/mol. The molecular formula is C30H33F3N2O10. The van der Waals surface area contributed by atoms with Crippen molar-refractivity contribution in [1.82, 2.24) is 5.32 Å². The Balaban J connectivity index is 1.15. The molecule has 3 aliphatic rings. The maximum Gasteiger partial charge on any atom is 0.247 e. The summed E-state index contributed by atoms with van der Waals surface area (Å²) in [5.41, 5.74) is 1.02. The molecule has 2 heterocycles. The molecule has 5 rings (SSSR count). The van der Waals surface area contributed by atoms with Crippen LogP contribution in [0, 0.1) is 17.5 Å². The zero-order chi connectivity index (χ0) is 32.4. The third kappa shape index (κ3) is 7.30. The van der Waals surface area contributed by atoms with E-state index in [9.17, 15) is 38.4 Å². The Morgan fingerprint density at radius 1 is 0.978 bits per heavy atom. The molecule has 1 saturated carbocycles. The second kappa shape index (κ2) is 13.8. The van der Waals surface area contributed by atoms with Crippen molar-refractivity contribution in [1.29, 1.82) is 0 Å². The zero-order valence-corrected chi connectivity index (χ0v) is 24.2. The molecule has 3 fully saturated rings. The highest BCUT2D eigenvalue weighted by Crippen LogP contribution is 2.31. The number of carbonyl (C=O) groups is 1.